The zero-order valence-corrected chi connectivity index (χ0v) is 11.7. The van der Waals surface area contributed by atoms with Crippen LogP contribution in [0, 0.1) is 13.8 Å². The predicted octanol–water partition coefficient (Wildman–Crippen LogP) is 2.92. The summed E-state index contributed by atoms with van der Waals surface area (Å²) < 4.78 is 5.20. The highest BCUT2D eigenvalue weighted by atomic mass is 16.5. The predicted molar refractivity (Wildman–Crippen MR) is 78.5 cm³/mol. The van der Waals surface area contributed by atoms with E-state index in [4.69, 9.17) is 10.3 Å². The largest absolute Gasteiger partial charge is 0.397 e. The minimum absolute atomic E-state index is 0.0592. The molecule has 0 amide bonds. The lowest BCUT2D eigenvalue weighted by Crippen LogP contribution is -2.10. The van der Waals surface area contributed by atoms with Crippen molar-refractivity contribution in [3.05, 3.63) is 35.3 Å². The van der Waals surface area contributed by atoms with Crippen molar-refractivity contribution < 1.29 is 4.52 Å². The molecule has 104 valence electrons. The fraction of sp³-hybridized carbons (Fsp3) is 0.286. The summed E-state index contributed by atoms with van der Waals surface area (Å²) in [5.41, 5.74) is 10.6. The van der Waals surface area contributed by atoms with E-state index in [1.165, 1.54) is 0 Å². The van der Waals surface area contributed by atoms with E-state index in [2.05, 4.69) is 27.6 Å². The lowest BCUT2D eigenvalue weighted by atomic mass is 10.1. The van der Waals surface area contributed by atoms with Crippen molar-refractivity contribution >= 4 is 22.3 Å². The smallest absolute Gasteiger partial charge is 0.139 e. The number of rotatable bonds is 3. The number of aromatic amines is 1. The second-order valence-electron chi connectivity index (χ2n) is 5.00. The first kappa shape index (κ1) is 12.5. The fourth-order valence-corrected chi connectivity index (χ4v) is 2.55. The van der Waals surface area contributed by atoms with Gasteiger partial charge < -0.3 is 15.6 Å². The summed E-state index contributed by atoms with van der Waals surface area (Å²) in [4.78, 5) is 0. The number of hydrogen-bond donors (Lipinski definition) is 3. The number of nitrogens with two attached hydrogens (primary N) is 1. The standard InChI is InChI=1S/C14H17N5O/c1-7(14-8(2)19-20-9(14)3)17-13-5-12-10(4-11(13)15)6-16-18-12/h4-7,17H,15H2,1-3H3,(H,16,18). The SMILES string of the molecule is Cc1noc(C)c1C(C)Nc1cc2[nH]ncc2cc1N. The molecule has 2 aromatic heterocycles. The molecule has 4 N–H and O–H groups in total. The Morgan fingerprint density at radius 2 is 2.15 bits per heavy atom. The minimum atomic E-state index is 0.0592. The van der Waals surface area contributed by atoms with Gasteiger partial charge in [-0.2, -0.15) is 5.10 Å². The van der Waals surface area contributed by atoms with Gasteiger partial charge in [0.1, 0.15) is 5.76 Å². The molecule has 0 radical (unpaired) electrons. The number of benzene rings is 1. The van der Waals surface area contributed by atoms with Crippen LogP contribution in [0.15, 0.2) is 22.9 Å². The Bertz CT molecular complexity index is 739. The third-order valence-corrected chi connectivity index (χ3v) is 3.50. The zero-order valence-electron chi connectivity index (χ0n) is 11.7. The van der Waals surface area contributed by atoms with Crippen LogP contribution in [0.25, 0.3) is 10.9 Å². The number of fused-ring (bicyclic) bond motifs is 1. The number of H-pyrrole nitrogens is 1. The van der Waals surface area contributed by atoms with Crippen molar-refractivity contribution in [1.82, 2.24) is 15.4 Å². The molecule has 6 nitrogen and oxygen atoms in total. The number of hydrogen-bond acceptors (Lipinski definition) is 5. The van der Waals surface area contributed by atoms with Gasteiger partial charge in [-0.3, -0.25) is 5.10 Å². The molecule has 1 atom stereocenters. The molecular formula is C14H17N5O. The Kier molecular flexibility index (Phi) is 2.85. The maximum absolute atomic E-state index is 6.08. The Labute approximate surface area is 116 Å². The van der Waals surface area contributed by atoms with Crippen LogP contribution in [0.2, 0.25) is 0 Å². The van der Waals surface area contributed by atoms with Crippen LogP contribution in [0.5, 0.6) is 0 Å². The van der Waals surface area contributed by atoms with Crippen LogP contribution in [0.1, 0.15) is 30.0 Å². The van der Waals surface area contributed by atoms with Crippen LogP contribution in [0.3, 0.4) is 0 Å². The number of aromatic nitrogens is 3. The molecule has 2 heterocycles. The van der Waals surface area contributed by atoms with Gasteiger partial charge in [0.05, 0.1) is 34.8 Å². The third kappa shape index (κ3) is 1.99. The average Bonchev–Trinajstić information content (AvgIpc) is 2.96. The van der Waals surface area contributed by atoms with Gasteiger partial charge in [0.15, 0.2) is 0 Å². The Hall–Kier alpha value is -2.50. The minimum Gasteiger partial charge on any atom is -0.397 e. The van der Waals surface area contributed by atoms with E-state index in [9.17, 15) is 0 Å². The van der Waals surface area contributed by atoms with Crippen molar-refractivity contribution in [3.63, 3.8) is 0 Å². The van der Waals surface area contributed by atoms with E-state index < -0.39 is 0 Å². The molecule has 0 spiro atoms. The maximum Gasteiger partial charge on any atom is 0.139 e. The summed E-state index contributed by atoms with van der Waals surface area (Å²) in [5, 5.41) is 15.3. The molecule has 3 rings (SSSR count). The van der Waals surface area contributed by atoms with Crippen molar-refractivity contribution in [2.45, 2.75) is 26.8 Å². The molecule has 0 aliphatic carbocycles. The van der Waals surface area contributed by atoms with Crippen LogP contribution in [0.4, 0.5) is 11.4 Å². The van der Waals surface area contributed by atoms with Gasteiger partial charge in [-0.1, -0.05) is 5.16 Å². The van der Waals surface area contributed by atoms with E-state index in [0.717, 1.165) is 33.6 Å². The summed E-state index contributed by atoms with van der Waals surface area (Å²) in [6.07, 6.45) is 1.76. The molecule has 20 heavy (non-hydrogen) atoms. The van der Waals surface area contributed by atoms with Crippen molar-refractivity contribution in [2.24, 2.45) is 0 Å². The van der Waals surface area contributed by atoms with Crippen molar-refractivity contribution in [3.8, 4) is 0 Å². The fourth-order valence-electron chi connectivity index (χ4n) is 2.55. The molecule has 0 saturated heterocycles. The van der Waals surface area contributed by atoms with Crippen LogP contribution in [-0.4, -0.2) is 15.4 Å². The lowest BCUT2D eigenvalue weighted by molar-refractivity contribution is 0.392. The summed E-state index contributed by atoms with van der Waals surface area (Å²) in [6, 6.07) is 3.93. The van der Waals surface area contributed by atoms with E-state index in [0.29, 0.717) is 5.69 Å². The Morgan fingerprint density at radius 3 is 2.85 bits per heavy atom. The first-order valence-corrected chi connectivity index (χ1v) is 6.48. The molecule has 6 heteroatoms. The monoisotopic (exact) mass is 271 g/mol. The normalized spacial score (nSPS) is 12.8. The number of anilines is 2. The highest BCUT2D eigenvalue weighted by Gasteiger charge is 2.17. The van der Waals surface area contributed by atoms with Crippen molar-refractivity contribution in [1.29, 1.82) is 0 Å². The molecule has 1 unspecified atom stereocenters. The van der Waals surface area contributed by atoms with Gasteiger partial charge in [-0.25, -0.2) is 0 Å². The highest BCUT2D eigenvalue weighted by molar-refractivity contribution is 5.88. The van der Waals surface area contributed by atoms with E-state index in [1.54, 1.807) is 6.20 Å². The molecule has 0 bridgehead atoms. The van der Waals surface area contributed by atoms with Gasteiger partial charge in [-0.05, 0) is 32.9 Å². The summed E-state index contributed by atoms with van der Waals surface area (Å²) >= 11 is 0. The van der Waals surface area contributed by atoms with Gasteiger partial charge >= 0.3 is 0 Å². The number of nitrogens with zero attached hydrogens (tertiary/aromatic N) is 2. The second kappa shape index (κ2) is 4.56. The van der Waals surface area contributed by atoms with Gasteiger partial charge in [0, 0.05) is 10.9 Å². The Morgan fingerprint density at radius 1 is 1.35 bits per heavy atom. The maximum atomic E-state index is 6.08. The molecule has 0 saturated carbocycles. The molecule has 3 aromatic rings. The lowest BCUT2D eigenvalue weighted by Gasteiger charge is -2.16. The quantitative estimate of drug-likeness (QED) is 0.637. The molecule has 0 fully saturated rings. The van der Waals surface area contributed by atoms with Crippen LogP contribution < -0.4 is 11.1 Å². The van der Waals surface area contributed by atoms with Gasteiger partial charge in [-0.15, -0.1) is 0 Å². The van der Waals surface area contributed by atoms with Crippen molar-refractivity contribution in [2.75, 3.05) is 11.1 Å². The summed E-state index contributed by atoms with van der Waals surface area (Å²) in [7, 11) is 0. The molecule has 0 aliphatic rings. The highest BCUT2D eigenvalue weighted by Crippen LogP contribution is 2.30. The number of nitrogen functional groups attached to an aromatic ring is 1. The second-order valence-corrected chi connectivity index (χ2v) is 5.00. The molecule has 0 aliphatic heterocycles. The van der Waals surface area contributed by atoms with E-state index in [-0.39, 0.29) is 6.04 Å². The van der Waals surface area contributed by atoms with Crippen LogP contribution >= 0.6 is 0 Å². The van der Waals surface area contributed by atoms with E-state index in [1.807, 2.05) is 26.0 Å². The van der Waals surface area contributed by atoms with Gasteiger partial charge in [0.25, 0.3) is 0 Å². The number of aryl methyl sites for hydroxylation is 2. The topological polar surface area (TPSA) is 92.8 Å². The first-order valence-electron chi connectivity index (χ1n) is 6.48. The molecule has 1 aromatic carbocycles. The molecular weight excluding hydrogens is 254 g/mol. The first-order chi connectivity index (χ1) is 9.56. The van der Waals surface area contributed by atoms with E-state index >= 15 is 0 Å². The zero-order chi connectivity index (χ0) is 14.3. The van der Waals surface area contributed by atoms with Gasteiger partial charge in [0.2, 0.25) is 0 Å². The third-order valence-electron chi connectivity index (χ3n) is 3.50. The summed E-state index contributed by atoms with van der Waals surface area (Å²) in [6.45, 7) is 5.91. The van der Waals surface area contributed by atoms with Crippen LogP contribution in [-0.2, 0) is 0 Å². The average molecular weight is 271 g/mol. The summed E-state index contributed by atoms with van der Waals surface area (Å²) in [5.74, 6) is 0.823. The number of nitrogens with one attached hydrogen (secondary N) is 2. The Balaban J connectivity index is 1.94.